The van der Waals surface area contributed by atoms with Crippen LogP contribution in [0.3, 0.4) is 0 Å². The summed E-state index contributed by atoms with van der Waals surface area (Å²) in [5, 5.41) is 3.11. The van der Waals surface area contributed by atoms with Crippen molar-refractivity contribution in [3.05, 3.63) is 64.4 Å². The van der Waals surface area contributed by atoms with E-state index in [1.807, 2.05) is 13.8 Å². The highest BCUT2D eigenvalue weighted by molar-refractivity contribution is 6.31. The SMILES string of the molecule is CCN(CC)C(=O)c1cccc(NC(=O)CN(C)Cc2c(F)cccc2Cl)c1. The molecule has 0 heterocycles. The first kappa shape index (κ1) is 21.9. The number of nitrogens with one attached hydrogen (secondary N) is 1. The first-order valence-electron chi connectivity index (χ1n) is 9.16. The molecule has 0 bridgehead atoms. The van der Waals surface area contributed by atoms with E-state index in [0.29, 0.717) is 34.9 Å². The van der Waals surface area contributed by atoms with Gasteiger partial charge in [0.2, 0.25) is 5.91 Å². The van der Waals surface area contributed by atoms with Gasteiger partial charge in [0, 0.05) is 41.5 Å². The van der Waals surface area contributed by atoms with Gasteiger partial charge >= 0.3 is 0 Å². The average molecular weight is 406 g/mol. The minimum absolute atomic E-state index is 0.0544. The van der Waals surface area contributed by atoms with Gasteiger partial charge in [0.05, 0.1) is 6.54 Å². The average Bonchev–Trinajstić information content (AvgIpc) is 2.65. The molecule has 5 nitrogen and oxygen atoms in total. The van der Waals surface area contributed by atoms with Crippen molar-refractivity contribution in [2.75, 3.05) is 32.0 Å². The molecule has 0 aliphatic rings. The summed E-state index contributed by atoms with van der Waals surface area (Å²) in [6.45, 7) is 5.35. The van der Waals surface area contributed by atoms with Crippen LogP contribution in [0.2, 0.25) is 5.02 Å². The van der Waals surface area contributed by atoms with Gasteiger partial charge in [-0.25, -0.2) is 4.39 Å². The van der Waals surface area contributed by atoms with Crippen molar-refractivity contribution in [1.82, 2.24) is 9.80 Å². The lowest BCUT2D eigenvalue weighted by Gasteiger charge is -2.19. The summed E-state index contributed by atoms with van der Waals surface area (Å²) in [7, 11) is 1.71. The largest absolute Gasteiger partial charge is 0.339 e. The number of hydrogen-bond donors (Lipinski definition) is 1. The molecule has 0 aliphatic carbocycles. The molecule has 0 saturated heterocycles. The predicted molar refractivity (Wildman–Crippen MR) is 110 cm³/mol. The Bertz CT molecular complexity index is 820. The monoisotopic (exact) mass is 405 g/mol. The lowest BCUT2D eigenvalue weighted by atomic mass is 10.1. The molecular weight excluding hydrogens is 381 g/mol. The highest BCUT2D eigenvalue weighted by atomic mass is 35.5. The van der Waals surface area contributed by atoms with E-state index < -0.39 is 5.82 Å². The van der Waals surface area contributed by atoms with Gasteiger partial charge in [-0.15, -0.1) is 0 Å². The van der Waals surface area contributed by atoms with Crippen molar-refractivity contribution in [3.63, 3.8) is 0 Å². The zero-order chi connectivity index (χ0) is 20.7. The number of carbonyl (C=O) groups excluding carboxylic acids is 2. The second-order valence-electron chi connectivity index (χ2n) is 6.48. The van der Waals surface area contributed by atoms with Crippen LogP contribution in [0.1, 0.15) is 29.8 Å². The molecule has 150 valence electrons. The van der Waals surface area contributed by atoms with Gasteiger partial charge in [0.15, 0.2) is 0 Å². The fourth-order valence-corrected chi connectivity index (χ4v) is 3.10. The number of amides is 2. The normalized spacial score (nSPS) is 10.8. The van der Waals surface area contributed by atoms with Gasteiger partial charge in [-0.1, -0.05) is 23.7 Å². The molecule has 0 aromatic heterocycles. The molecule has 2 rings (SSSR count). The third-order valence-electron chi connectivity index (χ3n) is 4.35. The fourth-order valence-electron chi connectivity index (χ4n) is 2.88. The van der Waals surface area contributed by atoms with Crippen molar-refractivity contribution in [3.8, 4) is 0 Å². The first-order valence-corrected chi connectivity index (χ1v) is 9.54. The lowest BCUT2D eigenvalue weighted by Crippen LogP contribution is -2.31. The molecular formula is C21H25ClFN3O2. The van der Waals surface area contributed by atoms with E-state index >= 15 is 0 Å². The van der Waals surface area contributed by atoms with Crippen LogP contribution >= 0.6 is 11.6 Å². The standard InChI is InChI=1S/C21H25ClFN3O2/c1-4-26(5-2)21(28)15-8-6-9-16(12-15)24-20(27)14-25(3)13-17-18(22)10-7-11-19(17)23/h6-12H,4-5,13-14H2,1-3H3,(H,24,27). The number of halogens is 2. The highest BCUT2D eigenvalue weighted by Gasteiger charge is 2.15. The molecule has 2 aromatic rings. The number of likely N-dealkylation sites (N-methyl/N-ethyl adjacent to an activating group) is 1. The molecule has 0 fully saturated rings. The molecule has 0 aliphatic heterocycles. The van der Waals surface area contributed by atoms with Gasteiger partial charge in [0.25, 0.3) is 5.91 Å². The van der Waals surface area contributed by atoms with Crippen LogP contribution in [0.15, 0.2) is 42.5 Å². The zero-order valence-corrected chi connectivity index (χ0v) is 17.1. The Labute approximate surface area is 170 Å². The van der Waals surface area contributed by atoms with Gasteiger partial charge in [-0.2, -0.15) is 0 Å². The van der Waals surface area contributed by atoms with Gasteiger partial charge in [0.1, 0.15) is 5.82 Å². The summed E-state index contributed by atoms with van der Waals surface area (Å²) >= 11 is 6.03. The molecule has 1 N–H and O–H groups in total. The Balaban J connectivity index is 1.99. The van der Waals surface area contributed by atoms with E-state index in [4.69, 9.17) is 11.6 Å². The van der Waals surface area contributed by atoms with Gasteiger partial charge in [-0.3, -0.25) is 14.5 Å². The molecule has 0 unspecified atom stereocenters. The second kappa shape index (κ2) is 10.2. The number of nitrogens with zero attached hydrogens (tertiary/aromatic N) is 2. The van der Waals surface area contributed by atoms with Crippen molar-refractivity contribution in [1.29, 1.82) is 0 Å². The van der Waals surface area contributed by atoms with E-state index in [2.05, 4.69) is 5.32 Å². The number of benzene rings is 2. The number of carbonyl (C=O) groups is 2. The Morgan fingerprint density at radius 2 is 1.79 bits per heavy atom. The van der Waals surface area contributed by atoms with Crippen LogP contribution in [0.25, 0.3) is 0 Å². The Morgan fingerprint density at radius 3 is 2.43 bits per heavy atom. The van der Waals surface area contributed by atoms with Crippen molar-refractivity contribution in [2.24, 2.45) is 0 Å². The first-order chi connectivity index (χ1) is 13.3. The third kappa shape index (κ3) is 5.78. The molecule has 0 saturated carbocycles. The third-order valence-corrected chi connectivity index (χ3v) is 4.70. The number of rotatable bonds is 8. The van der Waals surface area contributed by atoms with Gasteiger partial charge in [-0.05, 0) is 51.2 Å². The van der Waals surface area contributed by atoms with E-state index in [9.17, 15) is 14.0 Å². The van der Waals surface area contributed by atoms with Crippen LogP contribution in [0.5, 0.6) is 0 Å². The van der Waals surface area contributed by atoms with Crippen LogP contribution in [-0.4, -0.2) is 48.3 Å². The molecule has 0 radical (unpaired) electrons. The summed E-state index contributed by atoms with van der Waals surface area (Å²) in [6.07, 6.45) is 0. The minimum atomic E-state index is -0.401. The van der Waals surface area contributed by atoms with Crippen LogP contribution in [0.4, 0.5) is 10.1 Å². The molecule has 28 heavy (non-hydrogen) atoms. The summed E-state index contributed by atoms with van der Waals surface area (Å²) in [5.74, 6) is -0.739. The lowest BCUT2D eigenvalue weighted by molar-refractivity contribution is -0.117. The smallest absolute Gasteiger partial charge is 0.253 e. The minimum Gasteiger partial charge on any atom is -0.339 e. The topological polar surface area (TPSA) is 52.7 Å². The quantitative estimate of drug-likeness (QED) is 0.721. The van der Waals surface area contributed by atoms with Gasteiger partial charge < -0.3 is 10.2 Å². The number of hydrogen-bond acceptors (Lipinski definition) is 3. The molecule has 0 atom stereocenters. The maximum absolute atomic E-state index is 13.9. The number of anilines is 1. The molecule has 2 aromatic carbocycles. The van der Waals surface area contributed by atoms with Crippen LogP contribution in [0, 0.1) is 5.82 Å². The van der Waals surface area contributed by atoms with Crippen LogP contribution in [-0.2, 0) is 11.3 Å². The Morgan fingerprint density at radius 1 is 1.11 bits per heavy atom. The highest BCUT2D eigenvalue weighted by Crippen LogP contribution is 2.20. The maximum atomic E-state index is 13.9. The summed E-state index contributed by atoms with van der Waals surface area (Å²) in [6, 6.07) is 11.3. The van der Waals surface area contributed by atoms with E-state index in [1.54, 1.807) is 53.2 Å². The van der Waals surface area contributed by atoms with Crippen LogP contribution < -0.4 is 5.32 Å². The fraction of sp³-hybridized carbons (Fsp3) is 0.333. The predicted octanol–water partition coefficient (Wildman–Crippen LogP) is 4.03. The van der Waals surface area contributed by atoms with Crippen molar-refractivity contribution < 1.29 is 14.0 Å². The molecule has 7 heteroatoms. The second-order valence-corrected chi connectivity index (χ2v) is 6.89. The molecule has 2 amide bonds. The van der Waals surface area contributed by atoms with E-state index in [1.165, 1.54) is 6.07 Å². The Kier molecular flexibility index (Phi) is 7.96. The van der Waals surface area contributed by atoms with Crippen molar-refractivity contribution in [2.45, 2.75) is 20.4 Å². The zero-order valence-electron chi connectivity index (χ0n) is 16.3. The van der Waals surface area contributed by atoms with Crippen molar-refractivity contribution >= 4 is 29.1 Å². The summed E-state index contributed by atoms with van der Waals surface area (Å²) < 4.78 is 13.9. The van der Waals surface area contributed by atoms with E-state index in [-0.39, 0.29) is 24.9 Å². The summed E-state index contributed by atoms with van der Waals surface area (Å²) in [5.41, 5.74) is 1.42. The van der Waals surface area contributed by atoms with E-state index in [0.717, 1.165) is 0 Å². The summed E-state index contributed by atoms with van der Waals surface area (Å²) in [4.78, 5) is 28.2. The maximum Gasteiger partial charge on any atom is 0.253 e. The Hall–Kier alpha value is -2.44. The molecule has 0 spiro atoms.